The van der Waals surface area contributed by atoms with Gasteiger partial charge in [0.15, 0.2) is 5.58 Å². The molecule has 0 spiro atoms. The standard InChI is InChI=1S/C19H14N2O/c20-16-10-11-17-18(12-16)22-19(21-17)15-8-6-14(7-9-15)13-4-2-1-3-5-13/h1-12H,20H2. The Bertz CT molecular complexity index is 925. The first-order chi connectivity index (χ1) is 10.8. The van der Waals surface area contributed by atoms with Gasteiger partial charge in [-0.3, -0.25) is 0 Å². The van der Waals surface area contributed by atoms with Crippen molar-refractivity contribution in [2.75, 3.05) is 5.73 Å². The quantitative estimate of drug-likeness (QED) is 0.541. The Balaban J connectivity index is 1.73. The zero-order valence-electron chi connectivity index (χ0n) is 11.9. The van der Waals surface area contributed by atoms with Crippen molar-refractivity contribution in [1.29, 1.82) is 0 Å². The van der Waals surface area contributed by atoms with Crippen molar-refractivity contribution in [2.24, 2.45) is 0 Å². The van der Waals surface area contributed by atoms with E-state index < -0.39 is 0 Å². The van der Waals surface area contributed by atoms with E-state index in [9.17, 15) is 0 Å². The van der Waals surface area contributed by atoms with Gasteiger partial charge in [0, 0.05) is 17.3 Å². The van der Waals surface area contributed by atoms with Crippen LogP contribution in [0.1, 0.15) is 0 Å². The highest BCUT2D eigenvalue weighted by atomic mass is 16.3. The molecule has 1 heterocycles. The maximum absolute atomic E-state index is 5.79. The minimum atomic E-state index is 0.611. The summed E-state index contributed by atoms with van der Waals surface area (Å²) in [5, 5.41) is 0. The molecule has 0 radical (unpaired) electrons. The van der Waals surface area contributed by atoms with Crippen LogP contribution in [0.4, 0.5) is 5.69 Å². The molecule has 0 aliphatic carbocycles. The Morgan fingerprint density at radius 1 is 0.727 bits per heavy atom. The summed E-state index contributed by atoms with van der Waals surface area (Å²) >= 11 is 0. The van der Waals surface area contributed by atoms with Crippen LogP contribution < -0.4 is 5.73 Å². The molecule has 0 bridgehead atoms. The Kier molecular flexibility index (Phi) is 2.90. The predicted molar refractivity (Wildman–Crippen MR) is 89.3 cm³/mol. The molecule has 0 unspecified atom stereocenters. The fraction of sp³-hybridized carbons (Fsp3) is 0. The molecule has 1 aromatic heterocycles. The summed E-state index contributed by atoms with van der Waals surface area (Å²) in [6.45, 7) is 0. The summed E-state index contributed by atoms with van der Waals surface area (Å²) < 4.78 is 5.79. The molecule has 3 aromatic carbocycles. The van der Waals surface area contributed by atoms with Gasteiger partial charge in [0.2, 0.25) is 5.89 Å². The van der Waals surface area contributed by atoms with Gasteiger partial charge < -0.3 is 10.2 Å². The highest BCUT2D eigenvalue weighted by molar-refractivity contribution is 5.79. The van der Waals surface area contributed by atoms with Crippen molar-refractivity contribution in [1.82, 2.24) is 4.98 Å². The second-order valence-electron chi connectivity index (χ2n) is 5.19. The van der Waals surface area contributed by atoms with Crippen LogP contribution in [-0.2, 0) is 0 Å². The fourth-order valence-electron chi connectivity index (χ4n) is 2.50. The van der Waals surface area contributed by atoms with Gasteiger partial charge in [0.1, 0.15) is 5.52 Å². The Morgan fingerprint density at radius 3 is 2.18 bits per heavy atom. The van der Waals surface area contributed by atoms with Gasteiger partial charge in [-0.05, 0) is 35.4 Å². The molecular formula is C19H14N2O. The van der Waals surface area contributed by atoms with E-state index in [1.807, 2.05) is 42.5 Å². The van der Waals surface area contributed by atoms with E-state index in [0.29, 0.717) is 17.2 Å². The number of rotatable bonds is 2. The van der Waals surface area contributed by atoms with Gasteiger partial charge in [-0.15, -0.1) is 0 Å². The minimum absolute atomic E-state index is 0.611. The van der Waals surface area contributed by atoms with Crippen LogP contribution in [-0.4, -0.2) is 4.98 Å². The van der Waals surface area contributed by atoms with Crippen molar-refractivity contribution < 1.29 is 4.42 Å². The largest absolute Gasteiger partial charge is 0.436 e. The summed E-state index contributed by atoms with van der Waals surface area (Å²) in [5.74, 6) is 0.611. The maximum Gasteiger partial charge on any atom is 0.227 e. The van der Waals surface area contributed by atoms with Gasteiger partial charge in [0.05, 0.1) is 0 Å². The molecule has 0 fully saturated rings. The van der Waals surface area contributed by atoms with E-state index in [-0.39, 0.29) is 0 Å². The van der Waals surface area contributed by atoms with Gasteiger partial charge in [-0.25, -0.2) is 4.98 Å². The number of fused-ring (bicyclic) bond motifs is 1. The summed E-state index contributed by atoms with van der Waals surface area (Å²) in [6.07, 6.45) is 0. The molecule has 0 saturated heterocycles. The third-order valence-corrected chi connectivity index (χ3v) is 3.65. The molecule has 3 heteroatoms. The average Bonchev–Trinajstić information content (AvgIpc) is 2.99. The number of oxazole rings is 1. The molecule has 3 nitrogen and oxygen atoms in total. The van der Waals surface area contributed by atoms with E-state index in [4.69, 9.17) is 10.2 Å². The van der Waals surface area contributed by atoms with Crippen molar-refractivity contribution in [3.8, 4) is 22.6 Å². The lowest BCUT2D eigenvalue weighted by atomic mass is 10.0. The molecule has 2 N–H and O–H groups in total. The molecular weight excluding hydrogens is 272 g/mol. The molecule has 0 atom stereocenters. The minimum Gasteiger partial charge on any atom is -0.436 e. The molecule has 0 amide bonds. The Labute approximate surface area is 128 Å². The lowest BCUT2D eigenvalue weighted by Gasteiger charge is -2.02. The fourth-order valence-corrected chi connectivity index (χ4v) is 2.50. The summed E-state index contributed by atoms with van der Waals surface area (Å²) in [5.41, 5.74) is 11.3. The van der Waals surface area contributed by atoms with Gasteiger partial charge in [-0.2, -0.15) is 0 Å². The SMILES string of the molecule is Nc1ccc2nc(-c3ccc(-c4ccccc4)cc3)oc2c1. The molecule has 22 heavy (non-hydrogen) atoms. The van der Waals surface area contributed by atoms with Crippen molar-refractivity contribution in [3.05, 3.63) is 72.8 Å². The first-order valence-electron chi connectivity index (χ1n) is 7.11. The van der Waals surface area contributed by atoms with Crippen molar-refractivity contribution in [2.45, 2.75) is 0 Å². The predicted octanol–water partition coefficient (Wildman–Crippen LogP) is 4.74. The number of nitrogens with two attached hydrogens (primary N) is 1. The van der Waals surface area contributed by atoms with Crippen LogP contribution in [0.15, 0.2) is 77.2 Å². The Morgan fingerprint density at radius 2 is 1.41 bits per heavy atom. The van der Waals surface area contributed by atoms with Crippen LogP contribution in [0.2, 0.25) is 0 Å². The number of hydrogen-bond donors (Lipinski definition) is 1. The second-order valence-corrected chi connectivity index (χ2v) is 5.19. The highest BCUT2D eigenvalue weighted by Gasteiger charge is 2.08. The normalized spacial score (nSPS) is 10.9. The molecule has 0 aliphatic rings. The number of anilines is 1. The summed E-state index contributed by atoms with van der Waals surface area (Å²) in [7, 11) is 0. The number of nitrogens with zero attached hydrogens (tertiary/aromatic N) is 1. The van der Waals surface area contributed by atoms with Gasteiger partial charge in [-0.1, -0.05) is 42.5 Å². The van der Waals surface area contributed by atoms with E-state index in [0.717, 1.165) is 11.1 Å². The first kappa shape index (κ1) is 12.7. The monoisotopic (exact) mass is 286 g/mol. The van der Waals surface area contributed by atoms with Crippen LogP contribution in [0.5, 0.6) is 0 Å². The van der Waals surface area contributed by atoms with E-state index in [2.05, 4.69) is 29.2 Å². The zero-order chi connectivity index (χ0) is 14.9. The topological polar surface area (TPSA) is 52.0 Å². The molecule has 106 valence electrons. The summed E-state index contributed by atoms with van der Waals surface area (Å²) in [4.78, 5) is 4.50. The maximum atomic E-state index is 5.79. The average molecular weight is 286 g/mol. The van der Waals surface area contributed by atoms with E-state index in [1.165, 1.54) is 11.1 Å². The van der Waals surface area contributed by atoms with Crippen molar-refractivity contribution >= 4 is 16.8 Å². The smallest absolute Gasteiger partial charge is 0.227 e. The van der Waals surface area contributed by atoms with Crippen LogP contribution in [0.25, 0.3) is 33.7 Å². The number of nitrogen functional groups attached to an aromatic ring is 1. The van der Waals surface area contributed by atoms with E-state index >= 15 is 0 Å². The number of benzene rings is 3. The van der Waals surface area contributed by atoms with Crippen LogP contribution in [0.3, 0.4) is 0 Å². The third-order valence-electron chi connectivity index (χ3n) is 3.65. The number of aromatic nitrogens is 1. The zero-order valence-corrected chi connectivity index (χ0v) is 11.9. The molecule has 0 aliphatic heterocycles. The first-order valence-corrected chi connectivity index (χ1v) is 7.11. The molecule has 4 rings (SSSR count). The van der Waals surface area contributed by atoms with Crippen LogP contribution in [0, 0.1) is 0 Å². The Hall–Kier alpha value is -3.07. The number of hydrogen-bond acceptors (Lipinski definition) is 3. The van der Waals surface area contributed by atoms with E-state index in [1.54, 1.807) is 6.07 Å². The molecule has 0 saturated carbocycles. The second kappa shape index (κ2) is 5.04. The van der Waals surface area contributed by atoms with Gasteiger partial charge >= 0.3 is 0 Å². The van der Waals surface area contributed by atoms with Crippen LogP contribution >= 0.6 is 0 Å². The lowest BCUT2D eigenvalue weighted by molar-refractivity contribution is 0.620. The molecule has 4 aromatic rings. The lowest BCUT2D eigenvalue weighted by Crippen LogP contribution is -1.81. The van der Waals surface area contributed by atoms with Crippen molar-refractivity contribution in [3.63, 3.8) is 0 Å². The highest BCUT2D eigenvalue weighted by Crippen LogP contribution is 2.27. The van der Waals surface area contributed by atoms with Gasteiger partial charge in [0.25, 0.3) is 0 Å². The summed E-state index contributed by atoms with van der Waals surface area (Å²) in [6, 6.07) is 24.0. The third kappa shape index (κ3) is 2.23.